The number of anilines is 1. The van der Waals surface area contributed by atoms with Crippen LogP contribution in [0.4, 0.5) is 5.82 Å². The summed E-state index contributed by atoms with van der Waals surface area (Å²) in [7, 11) is 0. The molecule has 0 atom stereocenters. The Morgan fingerprint density at radius 3 is 2.60 bits per heavy atom. The van der Waals surface area contributed by atoms with Crippen LogP contribution in [0.15, 0.2) is 18.3 Å². The molecule has 6 heteroatoms. The second-order valence-electron chi connectivity index (χ2n) is 4.69. The van der Waals surface area contributed by atoms with E-state index in [-0.39, 0.29) is 0 Å². The van der Waals surface area contributed by atoms with E-state index >= 15 is 0 Å². The summed E-state index contributed by atoms with van der Waals surface area (Å²) in [5.41, 5.74) is 0.974. The summed E-state index contributed by atoms with van der Waals surface area (Å²) in [6, 6.07) is 3.78. The Balaban J connectivity index is 2.05. The topological polar surface area (TPSA) is 65.5 Å². The predicted octanol–water partition coefficient (Wildman–Crippen LogP) is 0.704. The summed E-state index contributed by atoms with van der Waals surface area (Å²) in [6.45, 7) is 6.89. The molecule has 0 unspecified atom stereocenters. The number of aromatic nitrogens is 1. The largest absolute Gasteiger partial charge is 0.370 e. The average molecular weight is 276 g/mol. The zero-order valence-corrected chi connectivity index (χ0v) is 11.9. The maximum absolute atomic E-state index is 12.0. The molecule has 108 valence electrons. The summed E-state index contributed by atoms with van der Waals surface area (Å²) >= 11 is 0. The third kappa shape index (κ3) is 3.07. The molecule has 1 N–H and O–H groups in total. The van der Waals surface area contributed by atoms with Crippen molar-refractivity contribution in [1.29, 1.82) is 0 Å². The Bertz CT molecular complexity index is 504. The fourth-order valence-electron chi connectivity index (χ4n) is 2.24. The van der Waals surface area contributed by atoms with Gasteiger partial charge in [-0.05, 0) is 31.5 Å². The summed E-state index contributed by atoms with van der Waals surface area (Å²) in [5.74, 6) is -0.0319. The zero-order valence-electron chi connectivity index (χ0n) is 11.9. The Morgan fingerprint density at radius 2 is 1.90 bits per heavy atom. The Kier molecular flexibility index (Phi) is 4.55. The van der Waals surface area contributed by atoms with Crippen LogP contribution in [0.1, 0.15) is 19.4 Å². The minimum absolute atomic E-state index is 0.403. The van der Waals surface area contributed by atoms with E-state index in [0.717, 1.165) is 17.9 Å². The summed E-state index contributed by atoms with van der Waals surface area (Å²) in [5, 5.41) is 3.13. The molecule has 0 aliphatic carbocycles. The quantitative estimate of drug-likeness (QED) is 0.804. The van der Waals surface area contributed by atoms with E-state index in [4.69, 9.17) is 0 Å². The Hall–Kier alpha value is -2.11. The number of nitrogens with one attached hydrogen (secondary N) is 1. The van der Waals surface area contributed by atoms with Crippen molar-refractivity contribution in [2.45, 2.75) is 20.4 Å². The summed E-state index contributed by atoms with van der Waals surface area (Å²) in [4.78, 5) is 31.2. The number of nitrogens with zero attached hydrogens (tertiary/aromatic N) is 3. The molecule has 2 amide bonds. The highest BCUT2D eigenvalue weighted by molar-refractivity contribution is 6.35. The predicted molar refractivity (Wildman–Crippen MR) is 76.1 cm³/mol. The average Bonchev–Trinajstić information content (AvgIpc) is 2.45. The van der Waals surface area contributed by atoms with E-state index < -0.39 is 11.8 Å². The smallest absolute Gasteiger partial charge is 0.312 e. The van der Waals surface area contributed by atoms with Crippen LogP contribution >= 0.6 is 0 Å². The number of hydrogen-bond donors (Lipinski definition) is 1. The van der Waals surface area contributed by atoms with Gasteiger partial charge in [-0.2, -0.15) is 0 Å². The maximum atomic E-state index is 12.0. The van der Waals surface area contributed by atoms with Gasteiger partial charge in [0.15, 0.2) is 0 Å². The molecule has 20 heavy (non-hydrogen) atoms. The molecule has 0 saturated carbocycles. The molecule has 1 aromatic rings. The number of rotatable bonds is 5. The Morgan fingerprint density at radius 1 is 1.20 bits per heavy atom. The van der Waals surface area contributed by atoms with E-state index in [9.17, 15) is 9.59 Å². The minimum atomic E-state index is -0.417. The second-order valence-corrected chi connectivity index (χ2v) is 4.69. The first-order valence-electron chi connectivity index (χ1n) is 6.92. The van der Waals surface area contributed by atoms with Gasteiger partial charge in [-0.15, -0.1) is 0 Å². The molecule has 1 aliphatic rings. The molecule has 2 rings (SSSR count). The summed E-state index contributed by atoms with van der Waals surface area (Å²) < 4.78 is 0. The third-order valence-electron chi connectivity index (χ3n) is 3.33. The number of likely N-dealkylation sites (N-methyl/N-ethyl adjacent to an activating group) is 1. The zero-order chi connectivity index (χ0) is 14.5. The number of amides is 2. The third-order valence-corrected chi connectivity index (χ3v) is 3.33. The molecule has 2 heterocycles. The maximum Gasteiger partial charge on any atom is 0.312 e. The van der Waals surface area contributed by atoms with Crippen molar-refractivity contribution < 1.29 is 9.59 Å². The molecular formula is C14H20N4O2. The van der Waals surface area contributed by atoms with Gasteiger partial charge >= 0.3 is 11.8 Å². The lowest BCUT2D eigenvalue weighted by atomic mass is 10.2. The molecule has 0 spiro atoms. The number of carbonyl (C=O) groups excluding carboxylic acids is 2. The number of hydrogen-bond acceptors (Lipinski definition) is 4. The molecule has 0 aromatic carbocycles. The number of piperazine rings is 1. The standard InChI is InChI=1S/C14H20N4O2/c1-3-15-12-9-11(5-6-16-12)10-18-8-7-17(4-2)13(19)14(18)20/h5-6,9H,3-4,7-8,10H2,1-2H3,(H,15,16). The molecule has 6 nitrogen and oxygen atoms in total. The van der Waals surface area contributed by atoms with Crippen LogP contribution in [0, 0.1) is 0 Å². The number of pyridine rings is 1. The fourth-order valence-corrected chi connectivity index (χ4v) is 2.24. The highest BCUT2D eigenvalue weighted by Gasteiger charge is 2.31. The molecule has 1 saturated heterocycles. The molecule has 1 fully saturated rings. The lowest BCUT2D eigenvalue weighted by Crippen LogP contribution is -2.53. The summed E-state index contributed by atoms with van der Waals surface area (Å²) in [6.07, 6.45) is 1.71. The van der Waals surface area contributed by atoms with Crippen LogP contribution in [0.2, 0.25) is 0 Å². The van der Waals surface area contributed by atoms with Gasteiger partial charge in [-0.25, -0.2) is 4.98 Å². The van der Waals surface area contributed by atoms with Crippen LogP contribution in [-0.2, 0) is 16.1 Å². The van der Waals surface area contributed by atoms with Gasteiger partial charge in [0.2, 0.25) is 0 Å². The van der Waals surface area contributed by atoms with Gasteiger partial charge in [0.25, 0.3) is 0 Å². The van der Waals surface area contributed by atoms with Crippen molar-refractivity contribution in [2.75, 3.05) is 31.5 Å². The first-order valence-corrected chi connectivity index (χ1v) is 6.92. The minimum Gasteiger partial charge on any atom is -0.370 e. The Labute approximate surface area is 118 Å². The fraction of sp³-hybridized carbons (Fsp3) is 0.500. The van der Waals surface area contributed by atoms with Gasteiger partial charge in [-0.3, -0.25) is 9.59 Å². The van der Waals surface area contributed by atoms with Gasteiger partial charge in [0, 0.05) is 38.9 Å². The van der Waals surface area contributed by atoms with E-state index in [2.05, 4.69) is 10.3 Å². The van der Waals surface area contributed by atoms with E-state index in [1.54, 1.807) is 16.0 Å². The van der Waals surface area contributed by atoms with Crippen LogP contribution in [-0.4, -0.2) is 52.8 Å². The first kappa shape index (κ1) is 14.3. The van der Waals surface area contributed by atoms with Crippen molar-refractivity contribution in [1.82, 2.24) is 14.8 Å². The second kappa shape index (κ2) is 6.36. The van der Waals surface area contributed by atoms with Crippen molar-refractivity contribution in [3.63, 3.8) is 0 Å². The van der Waals surface area contributed by atoms with Crippen LogP contribution < -0.4 is 5.32 Å². The molecule has 0 radical (unpaired) electrons. The van der Waals surface area contributed by atoms with Crippen LogP contribution in [0.3, 0.4) is 0 Å². The molecule has 0 bridgehead atoms. The van der Waals surface area contributed by atoms with Gasteiger partial charge in [0.05, 0.1) is 0 Å². The normalized spacial score (nSPS) is 15.7. The highest BCUT2D eigenvalue weighted by Crippen LogP contribution is 2.12. The molecule has 1 aliphatic heterocycles. The number of carbonyl (C=O) groups is 2. The molecular weight excluding hydrogens is 256 g/mol. The van der Waals surface area contributed by atoms with Crippen molar-refractivity contribution in [3.8, 4) is 0 Å². The van der Waals surface area contributed by atoms with E-state index in [1.807, 2.05) is 26.0 Å². The van der Waals surface area contributed by atoms with E-state index in [1.165, 1.54) is 0 Å². The lowest BCUT2D eigenvalue weighted by molar-refractivity contribution is -0.156. The highest BCUT2D eigenvalue weighted by atomic mass is 16.2. The monoisotopic (exact) mass is 276 g/mol. The van der Waals surface area contributed by atoms with Crippen molar-refractivity contribution in [2.24, 2.45) is 0 Å². The lowest BCUT2D eigenvalue weighted by Gasteiger charge is -2.33. The van der Waals surface area contributed by atoms with Crippen molar-refractivity contribution in [3.05, 3.63) is 23.9 Å². The van der Waals surface area contributed by atoms with Crippen LogP contribution in [0.25, 0.3) is 0 Å². The van der Waals surface area contributed by atoms with Crippen molar-refractivity contribution >= 4 is 17.6 Å². The van der Waals surface area contributed by atoms with Gasteiger partial charge in [0.1, 0.15) is 5.82 Å². The van der Waals surface area contributed by atoms with Gasteiger partial charge < -0.3 is 15.1 Å². The molecule has 1 aromatic heterocycles. The van der Waals surface area contributed by atoms with E-state index in [0.29, 0.717) is 26.2 Å². The van der Waals surface area contributed by atoms with Gasteiger partial charge in [-0.1, -0.05) is 0 Å². The first-order chi connectivity index (χ1) is 9.65. The van der Waals surface area contributed by atoms with Crippen LogP contribution in [0.5, 0.6) is 0 Å². The SMILES string of the molecule is CCNc1cc(CN2CCN(CC)C(=O)C2=O)ccn1.